The molecule has 1 aliphatic heterocycles. The molecule has 3 aromatic rings. The third kappa shape index (κ3) is 7.76. The summed E-state index contributed by atoms with van der Waals surface area (Å²) in [6, 6.07) is 18.6. The highest BCUT2D eigenvalue weighted by molar-refractivity contribution is 6.04. The molecule has 4 amide bonds. The van der Waals surface area contributed by atoms with Gasteiger partial charge in [-0.1, -0.05) is 18.6 Å². The second kappa shape index (κ2) is 13.5. The first-order chi connectivity index (χ1) is 20.8. The fourth-order valence-corrected chi connectivity index (χ4v) is 4.80. The van der Waals surface area contributed by atoms with Gasteiger partial charge < -0.3 is 37.1 Å². The molecular weight excluding hydrogens is 548 g/mol. The first kappa shape index (κ1) is 29.7. The van der Waals surface area contributed by atoms with Gasteiger partial charge in [-0.15, -0.1) is 0 Å². The van der Waals surface area contributed by atoms with E-state index in [2.05, 4.69) is 16.0 Å². The van der Waals surface area contributed by atoms with E-state index in [1.807, 2.05) is 17.0 Å². The van der Waals surface area contributed by atoms with Gasteiger partial charge in [-0.25, -0.2) is 0 Å². The number of fused-ring (bicyclic) bond motifs is 1. The van der Waals surface area contributed by atoms with Crippen molar-refractivity contribution in [3.05, 3.63) is 83.4 Å². The van der Waals surface area contributed by atoms with E-state index < -0.39 is 6.04 Å². The maximum atomic E-state index is 13.4. The summed E-state index contributed by atoms with van der Waals surface area (Å²) in [6.45, 7) is 0.901. The normalized spacial score (nSPS) is 14.5. The molecule has 2 aliphatic rings. The number of carbonyl (C=O) groups is 4. The Bertz CT molecular complexity index is 1490. The number of hydrogen-bond donors (Lipinski definition) is 5. The predicted molar refractivity (Wildman–Crippen MR) is 164 cm³/mol. The van der Waals surface area contributed by atoms with Crippen LogP contribution in [0.2, 0.25) is 0 Å². The highest BCUT2D eigenvalue weighted by Crippen LogP contribution is 2.33. The summed E-state index contributed by atoms with van der Waals surface area (Å²) in [5.74, 6) is -0.392. The number of anilines is 3. The molecule has 43 heavy (non-hydrogen) atoms. The lowest BCUT2D eigenvalue weighted by molar-refractivity contribution is -0.119. The van der Waals surface area contributed by atoms with Crippen molar-refractivity contribution in [3.63, 3.8) is 0 Å². The van der Waals surface area contributed by atoms with Crippen LogP contribution < -0.4 is 32.2 Å². The Hall–Kier alpha value is -4.74. The van der Waals surface area contributed by atoms with Crippen LogP contribution in [0.15, 0.2) is 66.7 Å². The number of hydrogen-bond acceptors (Lipinski definition) is 7. The third-order valence-corrected chi connectivity index (χ3v) is 7.40. The quantitative estimate of drug-likeness (QED) is 0.203. The monoisotopic (exact) mass is 584 g/mol. The van der Waals surface area contributed by atoms with Crippen LogP contribution in [-0.4, -0.2) is 53.8 Å². The Labute approximate surface area is 249 Å². The van der Waals surface area contributed by atoms with Gasteiger partial charge in [0.05, 0.1) is 11.7 Å². The average Bonchev–Trinajstić information content (AvgIpc) is 3.86. The molecule has 0 radical (unpaired) electrons. The minimum atomic E-state index is -0.604. The largest absolute Gasteiger partial charge is 0.482 e. The molecule has 5 rings (SSSR count). The standard InChI is InChI=1S/C32H36N6O5/c33-16-2-1-3-26(34)31(41)36-24-11-9-23(10-12-24)35-30(40)21-6-4-20(5-7-21)18-38(25-13-14-25)32(42)22-8-15-27-28(17-22)43-19-29(39)37-27/h4-12,15,17,25-26H,1-3,13-14,16,18-19,33-34H2,(H,35,40)(H,36,41)(H,37,39). The molecule has 0 spiro atoms. The van der Waals surface area contributed by atoms with Crippen molar-refractivity contribution < 1.29 is 23.9 Å². The van der Waals surface area contributed by atoms with Crippen LogP contribution in [0.3, 0.4) is 0 Å². The fourth-order valence-electron chi connectivity index (χ4n) is 4.80. The maximum absolute atomic E-state index is 13.4. The minimum absolute atomic E-state index is 0.0775. The molecule has 1 unspecified atom stereocenters. The second-order valence-electron chi connectivity index (χ2n) is 10.8. The molecule has 1 aliphatic carbocycles. The van der Waals surface area contributed by atoms with Crippen molar-refractivity contribution in [2.75, 3.05) is 29.1 Å². The van der Waals surface area contributed by atoms with Gasteiger partial charge in [-0.3, -0.25) is 19.2 Å². The fraction of sp³-hybridized carbons (Fsp3) is 0.312. The van der Waals surface area contributed by atoms with Crippen molar-refractivity contribution >= 4 is 40.7 Å². The van der Waals surface area contributed by atoms with E-state index in [9.17, 15) is 19.2 Å². The molecule has 224 valence electrons. The Morgan fingerprint density at radius 3 is 2.28 bits per heavy atom. The lowest BCUT2D eigenvalue weighted by atomic mass is 10.1. The zero-order valence-corrected chi connectivity index (χ0v) is 23.8. The predicted octanol–water partition coefficient (Wildman–Crippen LogP) is 3.47. The zero-order valence-electron chi connectivity index (χ0n) is 23.8. The van der Waals surface area contributed by atoms with Gasteiger partial charge in [0.1, 0.15) is 5.75 Å². The summed E-state index contributed by atoms with van der Waals surface area (Å²) in [5, 5.41) is 8.39. The van der Waals surface area contributed by atoms with Crippen molar-refractivity contribution in [2.24, 2.45) is 11.5 Å². The minimum Gasteiger partial charge on any atom is -0.482 e. The molecule has 1 heterocycles. The van der Waals surface area contributed by atoms with Crippen molar-refractivity contribution in [1.29, 1.82) is 0 Å². The number of amides is 4. The topological polar surface area (TPSA) is 169 Å². The smallest absolute Gasteiger partial charge is 0.262 e. The highest BCUT2D eigenvalue weighted by atomic mass is 16.5. The zero-order chi connectivity index (χ0) is 30.3. The van der Waals surface area contributed by atoms with E-state index in [0.29, 0.717) is 53.4 Å². The molecule has 0 aromatic heterocycles. The van der Waals surface area contributed by atoms with Crippen molar-refractivity contribution in [2.45, 2.75) is 50.7 Å². The van der Waals surface area contributed by atoms with E-state index in [0.717, 1.165) is 31.2 Å². The van der Waals surface area contributed by atoms with Crippen LogP contribution in [0.4, 0.5) is 17.1 Å². The Morgan fingerprint density at radius 2 is 1.60 bits per heavy atom. The van der Waals surface area contributed by atoms with Crippen LogP contribution >= 0.6 is 0 Å². The van der Waals surface area contributed by atoms with Gasteiger partial charge >= 0.3 is 0 Å². The molecular formula is C32H36N6O5. The molecule has 3 aromatic carbocycles. The van der Waals surface area contributed by atoms with Crippen LogP contribution in [0.25, 0.3) is 0 Å². The molecule has 1 atom stereocenters. The number of nitrogens with two attached hydrogens (primary N) is 2. The highest BCUT2D eigenvalue weighted by Gasteiger charge is 2.33. The van der Waals surface area contributed by atoms with Gasteiger partial charge in [0.2, 0.25) is 5.91 Å². The maximum Gasteiger partial charge on any atom is 0.262 e. The van der Waals surface area contributed by atoms with E-state index in [-0.39, 0.29) is 36.3 Å². The number of rotatable bonds is 12. The van der Waals surface area contributed by atoms with E-state index >= 15 is 0 Å². The lowest BCUT2D eigenvalue weighted by Crippen LogP contribution is -2.35. The van der Waals surface area contributed by atoms with E-state index in [1.165, 1.54) is 0 Å². The first-order valence-corrected chi connectivity index (χ1v) is 14.5. The lowest BCUT2D eigenvalue weighted by Gasteiger charge is -2.24. The Balaban J connectivity index is 1.16. The van der Waals surface area contributed by atoms with Gasteiger partial charge in [0, 0.05) is 35.1 Å². The number of unbranched alkanes of at least 4 members (excludes halogenated alkanes) is 1. The summed E-state index contributed by atoms with van der Waals surface area (Å²) in [4.78, 5) is 52.0. The van der Waals surface area contributed by atoms with Crippen LogP contribution in [-0.2, 0) is 16.1 Å². The summed E-state index contributed by atoms with van der Waals surface area (Å²) in [5.41, 5.74) is 15.0. The molecule has 1 fully saturated rings. The average molecular weight is 585 g/mol. The number of ether oxygens (including phenoxy) is 1. The number of nitrogens with one attached hydrogen (secondary N) is 3. The van der Waals surface area contributed by atoms with Crippen LogP contribution in [0.1, 0.15) is 58.4 Å². The summed E-state index contributed by atoms with van der Waals surface area (Å²) >= 11 is 0. The molecule has 11 heteroatoms. The van der Waals surface area contributed by atoms with Crippen LogP contribution in [0, 0.1) is 0 Å². The number of carbonyl (C=O) groups excluding carboxylic acids is 4. The number of nitrogens with zero attached hydrogens (tertiary/aromatic N) is 1. The third-order valence-electron chi connectivity index (χ3n) is 7.40. The van der Waals surface area contributed by atoms with Crippen molar-refractivity contribution in [3.8, 4) is 5.75 Å². The molecule has 7 N–H and O–H groups in total. The van der Waals surface area contributed by atoms with E-state index in [1.54, 1.807) is 54.6 Å². The Morgan fingerprint density at radius 1 is 0.930 bits per heavy atom. The van der Waals surface area contributed by atoms with Gasteiger partial charge in [0.15, 0.2) is 6.61 Å². The van der Waals surface area contributed by atoms with Gasteiger partial charge in [-0.2, -0.15) is 0 Å². The molecule has 1 saturated carbocycles. The first-order valence-electron chi connectivity index (χ1n) is 14.5. The second-order valence-corrected chi connectivity index (χ2v) is 10.8. The van der Waals surface area contributed by atoms with Gasteiger partial charge in [-0.05, 0) is 92.4 Å². The van der Waals surface area contributed by atoms with Crippen LogP contribution in [0.5, 0.6) is 5.75 Å². The molecule has 0 saturated heterocycles. The summed E-state index contributed by atoms with van der Waals surface area (Å²) < 4.78 is 5.48. The Kier molecular flexibility index (Phi) is 9.33. The molecule has 11 nitrogen and oxygen atoms in total. The SMILES string of the molecule is NCCCCC(N)C(=O)Nc1ccc(NC(=O)c2ccc(CN(C(=O)c3ccc4c(c3)OCC(=O)N4)C3CC3)cc2)cc1. The molecule has 0 bridgehead atoms. The summed E-state index contributed by atoms with van der Waals surface area (Å²) in [7, 11) is 0. The number of benzene rings is 3. The van der Waals surface area contributed by atoms with Gasteiger partial charge in [0.25, 0.3) is 17.7 Å². The van der Waals surface area contributed by atoms with E-state index in [4.69, 9.17) is 16.2 Å². The van der Waals surface area contributed by atoms with Crippen molar-refractivity contribution in [1.82, 2.24) is 4.90 Å². The summed E-state index contributed by atoms with van der Waals surface area (Å²) in [6.07, 6.45) is 4.06.